The number of fused-ring (bicyclic) bond motifs is 1. The van der Waals surface area contributed by atoms with Crippen LogP contribution in [0.2, 0.25) is 0 Å². The minimum absolute atomic E-state index is 0.171. The number of para-hydroxylation sites is 2. The van der Waals surface area contributed by atoms with E-state index in [-0.39, 0.29) is 19.6 Å². The fourth-order valence-corrected chi connectivity index (χ4v) is 2.09. The Morgan fingerprint density at radius 3 is 2.92 bits per heavy atom. The molecule has 128 valence electrons. The Bertz CT molecular complexity index is 645. The third kappa shape index (κ3) is 4.56. The first kappa shape index (κ1) is 17.5. The first-order valence-corrected chi connectivity index (χ1v) is 7.28. The number of benzene rings is 1. The van der Waals surface area contributed by atoms with Gasteiger partial charge >= 0.3 is 5.97 Å². The smallest absolute Gasteiger partial charge is 0.328 e. The van der Waals surface area contributed by atoms with Crippen LogP contribution in [-0.4, -0.2) is 48.2 Å². The van der Waals surface area contributed by atoms with Crippen molar-refractivity contribution in [2.24, 2.45) is 0 Å². The molecule has 1 aliphatic heterocycles. The number of carboxylic acid groups (broad SMARTS) is 1. The van der Waals surface area contributed by atoms with Gasteiger partial charge < -0.3 is 25.2 Å². The van der Waals surface area contributed by atoms with Crippen LogP contribution in [0, 0.1) is 0 Å². The van der Waals surface area contributed by atoms with Crippen molar-refractivity contribution in [1.82, 2.24) is 5.32 Å². The molecule has 0 fully saturated rings. The molecule has 2 rings (SSSR count). The summed E-state index contributed by atoms with van der Waals surface area (Å²) in [6.07, 6.45) is 0.146. The van der Waals surface area contributed by atoms with E-state index in [1.807, 2.05) is 0 Å². The molecule has 2 unspecified atom stereocenters. The summed E-state index contributed by atoms with van der Waals surface area (Å²) in [5.74, 6) is -1.85. The van der Waals surface area contributed by atoms with Crippen LogP contribution in [0.5, 0.6) is 5.75 Å². The van der Waals surface area contributed by atoms with Gasteiger partial charge in [-0.2, -0.15) is 0 Å². The molecule has 1 heterocycles. The first-order chi connectivity index (χ1) is 11.5. The standard InChI is InChI=1S/C16H18N2O6/c1-2-7-23-9-11(16(21)22)17-14(19)8-13-15(20)18-10-5-3-4-6-12(10)24-13/h2-6,11,13H,1,7-9H2,(H,17,19)(H,18,20)(H,21,22). The van der Waals surface area contributed by atoms with E-state index in [9.17, 15) is 14.4 Å². The summed E-state index contributed by atoms with van der Waals surface area (Å²) in [6, 6.07) is 5.63. The van der Waals surface area contributed by atoms with Crippen LogP contribution in [0.15, 0.2) is 36.9 Å². The Morgan fingerprint density at radius 2 is 2.21 bits per heavy atom. The van der Waals surface area contributed by atoms with Crippen molar-refractivity contribution in [2.45, 2.75) is 18.6 Å². The van der Waals surface area contributed by atoms with Gasteiger partial charge in [0.05, 0.1) is 25.3 Å². The van der Waals surface area contributed by atoms with E-state index >= 15 is 0 Å². The third-order valence-electron chi connectivity index (χ3n) is 3.23. The fraction of sp³-hybridized carbons (Fsp3) is 0.312. The van der Waals surface area contributed by atoms with E-state index in [4.69, 9.17) is 14.6 Å². The van der Waals surface area contributed by atoms with Gasteiger partial charge in [-0.1, -0.05) is 18.2 Å². The van der Waals surface area contributed by atoms with Gasteiger partial charge in [0.1, 0.15) is 5.75 Å². The number of carbonyl (C=O) groups is 3. The lowest BCUT2D eigenvalue weighted by Gasteiger charge is -2.25. The second-order valence-corrected chi connectivity index (χ2v) is 5.08. The molecular weight excluding hydrogens is 316 g/mol. The number of hydrogen-bond acceptors (Lipinski definition) is 5. The van der Waals surface area contributed by atoms with Crippen molar-refractivity contribution in [3.63, 3.8) is 0 Å². The molecule has 8 heteroatoms. The zero-order valence-electron chi connectivity index (χ0n) is 12.9. The molecule has 0 radical (unpaired) electrons. The maximum Gasteiger partial charge on any atom is 0.328 e. The normalized spacial score (nSPS) is 17.0. The predicted molar refractivity (Wildman–Crippen MR) is 84.7 cm³/mol. The summed E-state index contributed by atoms with van der Waals surface area (Å²) in [4.78, 5) is 35.1. The van der Waals surface area contributed by atoms with Gasteiger partial charge in [-0.3, -0.25) is 9.59 Å². The van der Waals surface area contributed by atoms with E-state index < -0.39 is 29.9 Å². The average Bonchev–Trinajstić information content (AvgIpc) is 2.54. The van der Waals surface area contributed by atoms with E-state index in [1.165, 1.54) is 6.08 Å². The molecular formula is C16H18N2O6. The maximum atomic E-state index is 12.0. The van der Waals surface area contributed by atoms with Crippen molar-refractivity contribution in [1.29, 1.82) is 0 Å². The van der Waals surface area contributed by atoms with Gasteiger partial charge in [-0.05, 0) is 12.1 Å². The summed E-state index contributed by atoms with van der Waals surface area (Å²) in [7, 11) is 0. The molecule has 0 bridgehead atoms. The maximum absolute atomic E-state index is 12.0. The van der Waals surface area contributed by atoms with Crippen LogP contribution in [0.1, 0.15) is 6.42 Å². The number of nitrogens with one attached hydrogen (secondary N) is 2. The van der Waals surface area contributed by atoms with Crippen LogP contribution in [0.4, 0.5) is 5.69 Å². The summed E-state index contributed by atoms with van der Waals surface area (Å²) in [5, 5.41) is 14.0. The SMILES string of the molecule is C=CCOCC(NC(=O)CC1Oc2ccccc2NC1=O)C(=O)O. The Kier molecular flexibility index (Phi) is 5.91. The Labute approximate surface area is 138 Å². The molecule has 1 aromatic carbocycles. The van der Waals surface area contributed by atoms with Gasteiger partial charge in [0.2, 0.25) is 5.91 Å². The number of anilines is 1. The van der Waals surface area contributed by atoms with Crippen LogP contribution in [0.25, 0.3) is 0 Å². The number of amides is 2. The topological polar surface area (TPSA) is 114 Å². The monoisotopic (exact) mass is 334 g/mol. The minimum atomic E-state index is -1.23. The molecule has 24 heavy (non-hydrogen) atoms. The quantitative estimate of drug-likeness (QED) is 0.472. The van der Waals surface area contributed by atoms with Crippen molar-refractivity contribution in [3.8, 4) is 5.75 Å². The van der Waals surface area contributed by atoms with E-state index in [0.29, 0.717) is 11.4 Å². The van der Waals surface area contributed by atoms with Gasteiger partial charge in [-0.15, -0.1) is 6.58 Å². The van der Waals surface area contributed by atoms with Crippen LogP contribution >= 0.6 is 0 Å². The molecule has 0 aromatic heterocycles. The molecule has 0 spiro atoms. The minimum Gasteiger partial charge on any atom is -0.480 e. The molecule has 8 nitrogen and oxygen atoms in total. The largest absolute Gasteiger partial charge is 0.480 e. The van der Waals surface area contributed by atoms with Gasteiger partial charge in [0.25, 0.3) is 5.91 Å². The van der Waals surface area contributed by atoms with Crippen LogP contribution in [-0.2, 0) is 19.1 Å². The number of aliphatic carboxylic acids is 1. The number of hydrogen-bond donors (Lipinski definition) is 3. The summed E-state index contributed by atoms with van der Waals surface area (Å²) >= 11 is 0. The first-order valence-electron chi connectivity index (χ1n) is 7.28. The highest BCUT2D eigenvalue weighted by Gasteiger charge is 2.31. The summed E-state index contributed by atoms with van der Waals surface area (Å²) < 4.78 is 10.5. The zero-order chi connectivity index (χ0) is 17.5. The summed E-state index contributed by atoms with van der Waals surface area (Å²) in [5.41, 5.74) is 0.528. The summed E-state index contributed by atoms with van der Waals surface area (Å²) in [6.45, 7) is 3.42. The number of carboxylic acids is 1. The molecule has 0 saturated heterocycles. The van der Waals surface area contributed by atoms with Crippen molar-refractivity contribution >= 4 is 23.5 Å². The van der Waals surface area contributed by atoms with Crippen LogP contribution in [0.3, 0.4) is 0 Å². The average molecular weight is 334 g/mol. The fourth-order valence-electron chi connectivity index (χ4n) is 2.09. The van der Waals surface area contributed by atoms with E-state index in [2.05, 4.69) is 17.2 Å². The lowest BCUT2D eigenvalue weighted by atomic mass is 10.1. The second-order valence-electron chi connectivity index (χ2n) is 5.08. The van der Waals surface area contributed by atoms with E-state index in [1.54, 1.807) is 24.3 Å². The Hall–Kier alpha value is -2.87. The van der Waals surface area contributed by atoms with Crippen molar-refractivity contribution in [3.05, 3.63) is 36.9 Å². The van der Waals surface area contributed by atoms with Crippen LogP contribution < -0.4 is 15.4 Å². The Morgan fingerprint density at radius 1 is 1.46 bits per heavy atom. The zero-order valence-corrected chi connectivity index (χ0v) is 12.9. The lowest BCUT2D eigenvalue weighted by molar-refractivity contribution is -0.144. The highest BCUT2D eigenvalue weighted by molar-refractivity contribution is 6.00. The number of rotatable bonds is 8. The molecule has 3 N–H and O–H groups in total. The highest BCUT2D eigenvalue weighted by atomic mass is 16.5. The molecule has 2 atom stereocenters. The Balaban J connectivity index is 1.92. The highest BCUT2D eigenvalue weighted by Crippen LogP contribution is 2.29. The number of ether oxygens (including phenoxy) is 2. The third-order valence-corrected chi connectivity index (χ3v) is 3.23. The van der Waals surface area contributed by atoms with E-state index in [0.717, 1.165) is 0 Å². The van der Waals surface area contributed by atoms with Gasteiger partial charge in [-0.25, -0.2) is 4.79 Å². The molecule has 1 aromatic rings. The number of carbonyl (C=O) groups excluding carboxylic acids is 2. The molecule has 2 amide bonds. The van der Waals surface area contributed by atoms with Crippen molar-refractivity contribution < 1.29 is 29.0 Å². The molecule has 0 aliphatic carbocycles. The second kappa shape index (κ2) is 8.11. The molecule has 0 saturated carbocycles. The lowest BCUT2D eigenvalue weighted by Crippen LogP contribution is -2.47. The predicted octanol–water partition coefficient (Wildman–Crippen LogP) is 0.548. The van der Waals surface area contributed by atoms with Gasteiger partial charge in [0.15, 0.2) is 12.1 Å². The van der Waals surface area contributed by atoms with Crippen molar-refractivity contribution in [2.75, 3.05) is 18.5 Å². The van der Waals surface area contributed by atoms with Gasteiger partial charge in [0, 0.05) is 0 Å². The molecule has 1 aliphatic rings.